The van der Waals surface area contributed by atoms with E-state index in [-0.39, 0.29) is 5.75 Å². The molecule has 0 saturated carbocycles. The van der Waals surface area contributed by atoms with Gasteiger partial charge < -0.3 is 10.8 Å². The van der Waals surface area contributed by atoms with Crippen molar-refractivity contribution in [2.75, 3.05) is 5.73 Å². The SMILES string of the molecule is N#CCCc1ccc(N)c(O)c1. The van der Waals surface area contributed by atoms with Gasteiger partial charge in [-0.2, -0.15) is 5.26 Å². The van der Waals surface area contributed by atoms with Gasteiger partial charge in [0.1, 0.15) is 5.75 Å². The summed E-state index contributed by atoms with van der Waals surface area (Å²) in [4.78, 5) is 0. The Bertz CT molecular complexity index is 315. The molecule has 0 bridgehead atoms. The maximum atomic E-state index is 9.19. The van der Waals surface area contributed by atoms with E-state index in [4.69, 9.17) is 11.0 Å². The summed E-state index contributed by atoms with van der Waals surface area (Å²) in [6.45, 7) is 0. The van der Waals surface area contributed by atoms with E-state index in [1.54, 1.807) is 12.1 Å². The Morgan fingerprint density at radius 1 is 1.50 bits per heavy atom. The zero-order chi connectivity index (χ0) is 8.97. The summed E-state index contributed by atoms with van der Waals surface area (Å²) in [6.07, 6.45) is 1.12. The minimum atomic E-state index is 0.0884. The van der Waals surface area contributed by atoms with E-state index in [0.717, 1.165) is 5.56 Å². The molecule has 62 valence electrons. The van der Waals surface area contributed by atoms with Crippen molar-refractivity contribution in [3.05, 3.63) is 23.8 Å². The van der Waals surface area contributed by atoms with Crippen LogP contribution in [0.25, 0.3) is 0 Å². The minimum absolute atomic E-state index is 0.0884. The number of aryl methyl sites for hydroxylation is 1. The van der Waals surface area contributed by atoms with Gasteiger partial charge in [0, 0.05) is 6.42 Å². The molecule has 1 aromatic carbocycles. The van der Waals surface area contributed by atoms with Crippen molar-refractivity contribution in [3.63, 3.8) is 0 Å². The van der Waals surface area contributed by atoms with Crippen LogP contribution in [0, 0.1) is 11.3 Å². The lowest BCUT2D eigenvalue weighted by atomic mass is 10.1. The van der Waals surface area contributed by atoms with Crippen molar-refractivity contribution in [3.8, 4) is 11.8 Å². The number of hydrogen-bond donors (Lipinski definition) is 2. The molecule has 0 saturated heterocycles. The Morgan fingerprint density at radius 3 is 2.83 bits per heavy atom. The monoisotopic (exact) mass is 162 g/mol. The summed E-state index contributed by atoms with van der Waals surface area (Å²) in [5.74, 6) is 0.0884. The summed E-state index contributed by atoms with van der Waals surface area (Å²) in [7, 11) is 0. The van der Waals surface area contributed by atoms with Crippen molar-refractivity contribution < 1.29 is 5.11 Å². The highest BCUT2D eigenvalue weighted by Crippen LogP contribution is 2.21. The van der Waals surface area contributed by atoms with E-state index in [0.29, 0.717) is 18.5 Å². The van der Waals surface area contributed by atoms with Crippen LogP contribution < -0.4 is 5.73 Å². The standard InChI is InChI=1S/C9H10N2O/c10-5-1-2-7-3-4-8(11)9(12)6-7/h3-4,6,12H,1-2,11H2. The number of nitriles is 1. The van der Waals surface area contributed by atoms with Gasteiger partial charge in [-0.1, -0.05) is 6.07 Å². The van der Waals surface area contributed by atoms with Crippen LogP contribution in [0.1, 0.15) is 12.0 Å². The molecule has 0 aliphatic carbocycles. The lowest BCUT2D eigenvalue weighted by molar-refractivity contribution is 0.477. The van der Waals surface area contributed by atoms with E-state index in [9.17, 15) is 5.11 Å². The van der Waals surface area contributed by atoms with Crippen molar-refractivity contribution >= 4 is 5.69 Å². The van der Waals surface area contributed by atoms with E-state index >= 15 is 0 Å². The Balaban J connectivity index is 2.77. The summed E-state index contributed by atoms with van der Waals surface area (Å²) in [6, 6.07) is 7.08. The first kappa shape index (κ1) is 8.41. The smallest absolute Gasteiger partial charge is 0.138 e. The highest BCUT2D eigenvalue weighted by atomic mass is 16.3. The molecule has 0 spiro atoms. The second kappa shape index (κ2) is 3.63. The van der Waals surface area contributed by atoms with Crippen LogP contribution in [-0.4, -0.2) is 5.11 Å². The lowest BCUT2D eigenvalue weighted by Gasteiger charge is -2.00. The maximum Gasteiger partial charge on any atom is 0.138 e. The van der Waals surface area contributed by atoms with Gasteiger partial charge in [-0.25, -0.2) is 0 Å². The molecule has 0 atom stereocenters. The van der Waals surface area contributed by atoms with Gasteiger partial charge in [-0.05, 0) is 24.1 Å². The topological polar surface area (TPSA) is 70.0 Å². The van der Waals surface area contributed by atoms with Gasteiger partial charge in [0.2, 0.25) is 0 Å². The van der Waals surface area contributed by atoms with Crippen molar-refractivity contribution in [2.45, 2.75) is 12.8 Å². The molecular weight excluding hydrogens is 152 g/mol. The average Bonchev–Trinajstić information content (AvgIpc) is 2.07. The van der Waals surface area contributed by atoms with Crippen LogP contribution >= 0.6 is 0 Å². The molecule has 3 nitrogen and oxygen atoms in total. The first-order valence-electron chi connectivity index (χ1n) is 3.68. The number of nitrogens with two attached hydrogens (primary N) is 1. The predicted molar refractivity (Wildman–Crippen MR) is 46.5 cm³/mol. The fourth-order valence-corrected chi connectivity index (χ4v) is 0.945. The third-order valence-corrected chi connectivity index (χ3v) is 1.62. The minimum Gasteiger partial charge on any atom is -0.506 e. The van der Waals surface area contributed by atoms with Crippen molar-refractivity contribution in [1.82, 2.24) is 0 Å². The number of benzene rings is 1. The molecule has 0 radical (unpaired) electrons. The number of nitrogens with zero attached hydrogens (tertiary/aromatic N) is 1. The van der Waals surface area contributed by atoms with Crippen LogP contribution in [0.5, 0.6) is 5.75 Å². The zero-order valence-electron chi connectivity index (χ0n) is 6.62. The van der Waals surface area contributed by atoms with E-state index in [1.165, 1.54) is 0 Å². The summed E-state index contributed by atoms with van der Waals surface area (Å²) < 4.78 is 0. The van der Waals surface area contributed by atoms with Crippen LogP contribution in [0.15, 0.2) is 18.2 Å². The van der Waals surface area contributed by atoms with E-state index in [2.05, 4.69) is 0 Å². The summed E-state index contributed by atoms with van der Waals surface area (Å²) in [5.41, 5.74) is 6.71. The summed E-state index contributed by atoms with van der Waals surface area (Å²) >= 11 is 0. The first-order valence-corrected chi connectivity index (χ1v) is 3.68. The molecule has 12 heavy (non-hydrogen) atoms. The third kappa shape index (κ3) is 1.89. The molecule has 0 aromatic heterocycles. The predicted octanol–water partition coefficient (Wildman–Crippen LogP) is 1.43. The number of anilines is 1. The van der Waals surface area contributed by atoms with Crippen LogP contribution in [0.2, 0.25) is 0 Å². The molecule has 1 rings (SSSR count). The molecule has 0 amide bonds. The number of phenols is 1. The molecular formula is C9H10N2O. The van der Waals surface area contributed by atoms with E-state index < -0.39 is 0 Å². The van der Waals surface area contributed by atoms with Crippen LogP contribution in [0.3, 0.4) is 0 Å². The Morgan fingerprint density at radius 2 is 2.25 bits per heavy atom. The van der Waals surface area contributed by atoms with Gasteiger partial charge in [-0.15, -0.1) is 0 Å². The second-order valence-electron chi connectivity index (χ2n) is 2.55. The molecule has 3 heteroatoms. The van der Waals surface area contributed by atoms with Gasteiger partial charge in [0.15, 0.2) is 0 Å². The Kier molecular flexibility index (Phi) is 2.54. The summed E-state index contributed by atoms with van der Waals surface area (Å²) in [5, 5.41) is 17.5. The third-order valence-electron chi connectivity index (χ3n) is 1.62. The van der Waals surface area contributed by atoms with Crippen LogP contribution in [0.4, 0.5) is 5.69 Å². The van der Waals surface area contributed by atoms with Gasteiger partial charge >= 0.3 is 0 Å². The van der Waals surface area contributed by atoms with Crippen LogP contribution in [-0.2, 0) is 6.42 Å². The van der Waals surface area contributed by atoms with Crippen molar-refractivity contribution in [1.29, 1.82) is 5.26 Å². The Labute approximate surface area is 71.1 Å². The van der Waals surface area contributed by atoms with E-state index in [1.807, 2.05) is 12.1 Å². The lowest BCUT2D eigenvalue weighted by Crippen LogP contribution is -1.88. The molecule has 0 heterocycles. The molecule has 1 aromatic rings. The number of aromatic hydroxyl groups is 1. The highest BCUT2D eigenvalue weighted by Gasteiger charge is 1.97. The van der Waals surface area contributed by atoms with Gasteiger partial charge in [-0.3, -0.25) is 0 Å². The maximum absolute atomic E-state index is 9.19. The molecule has 0 aliphatic heterocycles. The zero-order valence-corrected chi connectivity index (χ0v) is 6.62. The number of hydrogen-bond acceptors (Lipinski definition) is 3. The molecule has 3 N–H and O–H groups in total. The number of phenolic OH excluding ortho intramolecular Hbond substituents is 1. The average molecular weight is 162 g/mol. The largest absolute Gasteiger partial charge is 0.506 e. The number of nitrogen functional groups attached to an aromatic ring is 1. The first-order chi connectivity index (χ1) is 5.74. The second-order valence-corrected chi connectivity index (χ2v) is 2.55. The Hall–Kier alpha value is -1.69. The fourth-order valence-electron chi connectivity index (χ4n) is 0.945. The fraction of sp³-hybridized carbons (Fsp3) is 0.222. The highest BCUT2D eigenvalue weighted by molar-refractivity contribution is 5.52. The molecule has 0 fully saturated rings. The van der Waals surface area contributed by atoms with Crippen molar-refractivity contribution in [2.24, 2.45) is 0 Å². The molecule has 0 unspecified atom stereocenters. The van der Waals surface area contributed by atoms with Gasteiger partial charge in [0.05, 0.1) is 11.8 Å². The van der Waals surface area contributed by atoms with Gasteiger partial charge in [0.25, 0.3) is 0 Å². The normalized spacial score (nSPS) is 9.25. The number of rotatable bonds is 2. The quantitative estimate of drug-likeness (QED) is 0.510. The molecule has 0 aliphatic rings.